The average Bonchev–Trinajstić information content (AvgIpc) is 3.47. The molecule has 44 heavy (non-hydrogen) atoms. The molecule has 10 heteroatoms. The van der Waals surface area contributed by atoms with Gasteiger partial charge in [0, 0.05) is 56.6 Å². The number of piperazine rings is 1. The van der Waals surface area contributed by atoms with Crippen LogP contribution >= 0.6 is 0 Å². The monoisotopic (exact) mass is 602 g/mol. The van der Waals surface area contributed by atoms with Crippen molar-refractivity contribution in [2.24, 2.45) is 0 Å². The molecule has 1 saturated heterocycles. The number of fused-ring (bicyclic) bond motifs is 1. The predicted octanol–water partition coefficient (Wildman–Crippen LogP) is 6.94. The van der Waals surface area contributed by atoms with Crippen molar-refractivity contribution in [1.29, 1.82) is 0 Å². The second kappa shape index (κ2) is 12.4. The number of carbonyl (C=O) groups is 1. The average molecular weight is 603 g/mol. The molecule has 0 saturated carbocycles. The molecule has 6 nitrogen and oxygen atoms in total. The summed E-state index contributed by atoms with van der Waals surface area (Å²) in [5.41, 5.74) is 2.72. The fourth-order valence-corrected chi connectivity index (χ4v) is 5.62. The Labute approximate surface area is 252 Å². The van der Waals surface area contributed by atoms with Gasteiger partial charge in [0.2, 0.25) is 5.91 Å². The van der Waals surface area contributed by atoms with Crippen molar-refractivity contribution in [1.82, 2.24) is 14.3 Å². The Morgan fingerprint density at radius 3 is 2.41 bits per heavy atom. The van der Waals surface area contributed by atoms with E-state index < -0.39 is 23.5 Å². The highest BCUT2D eigenvalue weighted by Gasteiger charge is 2.32. The van der Waals surface area contributed by atoms with Gasteiger partial charge in [-0.25, -0.2) is 9.37 Å². The number of benzene rings is 3. The minimum absolute atomic E-state index is 0.0654. The fourth-order valence-electron chi connectivity index (χ4n) is 5.62. The van der Waals surface area contributed by atoms with Crippen molar-refractivity contribution < 1.29 is 27.1 Å². The molecule has 0 N–H and O–H groups in total. The first kappa shape index (κ1) is 29.2. The largest absolute Gasteiger partial charge is 0.485 e. The molecule has 0 bridgehead atoms. The summed E-state index contributed by atoms with van der Waals surface area (Å²) >= 11 is 0. The molecule has 6 rings (SSSR count). The number of alkyl halides is 3. The molecular formula is C34H30F4N4O2. The van der Waals surface area contributed by atoms with Gasteiger partial charge in [-0.3, -0.25) is 4.79 Å². The van der Waals surface area contributed by atoms with E-state index in [0.717, 1.165) is 17.7 Å². The number of nitrogens with zero attached hydrogens (tertiary/aromatic N) is 4. The topological polar surface area (TPSA) is 50.1 Å². The lowest BCUT2D eigenvalue weighted by atomic mass is 9.92. The third-order valence-electron chi connectivity index (χ3n) is 7.92. The number of amides is 1. The molecule has 3 heterocycles. The zero-order valence-electron chi connectivity index (χ0n) is 23.8. The summed E-state index contributed by atoms with van der Waals surface area (Å²) in [6, 6.07) is 24.9. The molecule has 1 aliphatic heterocycles. The normalized spacial score (nSPS) is 14.5. The molecule has 1 fully saturated rings. The van der Waals surface area contributed by atoms with Gasteiger partial charge >= 0.3 is 6.18 Å². The summed E-state index contributed by atoms with van der Waals surface area (Å²) in [4.78, 5) is 21.9. The maximum atomic E-state index is 14.4. The number of rotatable bonds is 8. The van der Waals surface area contributed by atoms with Crippen LogP contribution in [0.3, 0.4) is 0 Å². The highest BCUT2D eigenvalue weighted by Crippen LogP contribution is 2.34. The summed E-state index contributed by atoms with van der Waals surface area (Å²) in [7, 11) is 0. The summed E-state index contributed by atoms with van der Waals surface area (Å²) in [5.74, 6) is -0.457. The van der Waals surface area contributed by atoms with Crippen molar-refractivity contribution in [3.05, 3.63) is 132 Å². The highest BCUT2D eigenvalue weighted by molar-refractivity contribution is 5.78. The summed E-state index contributed by atoms with van der Waals surface area (Å²) < 4.78 is 62.0. The number of anilines is 1. The molecule has 3 aromatic carbocycles. The summed E-state index contributed by atoms with van der Waals surface area (Å²) in [5, 5.41) is 0. The van der Waals surface area contributed by atoms with E-state index in [-0.39, 0.29) is 12.3 Å². The standard InChI is InChI=1S/C34H30F4N4O2/c35-27-11-4-9-25(19-27)29(30-22-39-33-31(13-6-14-42(30)33)44-23-24-7-2-1-3-8-24)21-32(43)41-17-15-40(16-18-41)28-12-5-10-26(20-28)34(36,37)38/h1-14,19-20,22,29H,15-18,21,23H2. The van der Waals surface area contributed by atoms with Crippen LogP contribution in [-0.4, -0.2) is 46.4 Å². The lowest BCUT2D eigenvalue weighted by Gasteiger charge is -2.37. The number of ether oxygens (including phenoxy) is 1. The van der Waals surface area contributed by atoms with E-state index in [1.165, 1.54) is 18.2 Å². The maximum Gasteiger partial charge on any atom is 0.416 e. The SMILES string of the molecule is O=C(CC(c1cccc(F)c1)c1cnc2c(OCc3ccccc3)cccn12)N1CCN(c2cccc(C(F)(F)F)c2)CC1. The number of carbonyl (C=O) groups excluding carboxylic acids is 1. The molecule has 5 aromatic rings. The second-order valence-electron chi connectivity index (χ2n) is 10.8. The molecule has 1 unspecified atom stereocenters. The predicted molar refractivity (Wildman–Crippen MR) is 159 cm³/mol. The van der Waals surface area contributed by atoms with Gasteiger partial charge in [-0.2, -0.15) is 13.2 Å². The number of pyridine rings is 1. The van der Waals surface area contributed by atoms with Crippen molar-refractivity contribution in [3.8, 4) is 5.75 Å². The van der Waals surface area contributed by atoms with Gasteiger partial charge in [0.15, 0.2) is 11.4 Å². The molecule has 1 atom stereocenters. The van der Waals surface area contributed by atoms with Gasteiger partial charge in [-0.05, 0) is 53.6 Å². The maximum absolute atomic E-state index is 14.4. The van der Waals surface area contributed by atoms with E-state index in [1.807, 2.05) is 58.0 Å². The number of aromatic nitrogens is 2. The minimum atomic E-state index is -4.42. The first-order valence-electron chi connectivity index (χ1n) is 14.3. The first-order valence-corrected chi connectivity index (χ1v) is 14.3. The molecule has 1 amide bonds. The van der Waals surface area contributed by atoms with Crippen molar-refractivity contribution in [2.75, 3.05) is 31.1 Å². The van der Waals surface area contributed by atoms with Gasteiger partial charge in [-0.15, -0.1) is 0 Å². The second-order valence-corrected chi connectivity index (χ2v) is 10.8. The van der Waals surface area contributed by atoms with Crippen LogP contribution in [0.1, 0.15) is 34.7 Å². The van der Waals surface area contributed by atoms with Crippen LogP contribution in [0.15, 0.2) is 103 Å². The Balaban J connectivity index is 1.21. The molecular weight excluding hydrogens is 572 g/mol. The molecule has 1 aliphatic rings. The number of halogens is 4. The van der Waals surface area contributed by atoms with Gasteiger partial charge in [-0.1, -0.05) is 48.5 Å². The van der Waals surface area contributed by atoms with Crippen LogP contribution < -0.4 is 9.64 Å². The highest BCUT2D eigenvalue weighted by atomic mass is 19.4. The van der Waals surface area contributed by atoms with E-state index in [1.54, 1.807) is 29.3 Å². The molecule has 226 valence electrons. The Morgan fingerprint density at radius 2 is 1.66 bits per heavy atom. The van der Waals surface area contributed by atoms with Crippen molar-refractivity contribution in [3.63, 3.8) is 0 Å². The molecule has 0 radical (unpaired) electrons. The van der Waals surface area contributed by atoms with Crippen LogP contribution in [0.4, 0.5) is 23.2 Å². The van der Waals surface area contributed by atoms with Crippen LogP contribution in [0.5, 0.6) is 5.75 Å². The van der Waals surface area contributed by atoms with Gasteiger partial charge in [0.1, 0.15) is 12.4 Å². The fraction of sp³-hybridized carbons (Fsp3) is 0.235. The van der Waals surface area contributed by atoms with Crippen LogP contribution in [0.2, 0.25) is 0 Å². The minimum Gasteiger partial charge on any atom is -0.485 e. The van der Waals surface area contributed by atoms with Crippen molar-refractivity contribution >= 4 is 17.2 Å². The zero-order chi connectivity index (χ0) is 30.7. The Bertz CT molecular complexity index is 1750. The van der Waals surface area contributed by atoms with Crippen LogP contribution in [0.25, 0.3) is 5.65 Å². The smallest absolute Gasteiger partial charge is 0.416 e. The van der Waals surface area contributed by atoms with Gasteiger partial charge < -0.3 is 18.9 Å². The zero-order valence-corrected chi connectivity index (χ0v) is 23.8. The Kier molecular flexibility index (Phi) is 8.23. The van der Waals surface area contributed by atoms with Gasteiger partial charge in [0.25, 0.3) is 0 Å². The van der Waals surface area contributed by atoms with E-state index >= 15 is 0 Å². The number of hydrogen-bond acceptors (Lipinski definition) is 4. The van der Waals surface area contributed by atoms with E-state index in [2.05, 4.69) is 4.98 Å². The number of imidazole rings is 1. The van der Waals surface area contributed by atoms with Crippen LogP contribution in [0, 0.1) is 5.82 Å². The lowest BCUT2D eigenvalue weighted by Crippen LogP contribution is -2.49. The third-order valence-corrected chi connectivity index (χ3v) is 7.92. The summed E-state index contributed by atoms with van der Waals surface area (Å²) in [6.07, 6.45) is -0.820. The van der Waals surface area contributed by atoms with Crippen LogP contribution in [-0.2, 0) is 17.6 Å². The first-order chi connectivity index (χ1) is 21.3. The van der Waals surface area contributed by atoms with E-state index in [9.17, 15) is 22.4 Å². The summed E-state index contributed by atoms with van der Waals surface area (Å²) in [6.45, 7) is 1.87. The van der Waals surface area contributed by atoms with E-state index in [0.29, 0.717) is 61.1 Å². The molecule has 2 aromatic heterocycles. The third kappa shape index (κ3) is 6.39. The quantitative estimate of drug-likeness (QED) is 0.181. The van der Waals surface area contributed by atoms with Gasteiger partial charge in [0.05, 0.1) is 11.3 Å². The lowest BCUT2D eigenvalue weighted by molar-refractivity contribution is -0.137. The number of hydrogen-bond donors (Lipinski definition) is 0. The Morgan fingerprint density at radius 1 is 0.886 bits per heavy atom. The Hall–Kier alpha value is -4.86. The molecule has 0 aliphatic carbocycles. The van der Waals surface area contributed by atoms with Crippen molar-refractivity contribution in [2.45, 2.75) is 25.1 Å². The van der Waals surface area contributed by atoms with E-state index in [4.69, 9.17) is 4.74 Å². The molecule has 0 spiro atoms.